The third-order valence-corrected chi connectivity index (χ3v) is 4.19. The Morgan fingerprint density at radius 3 is 2.63 bits per heavy atom. The molecule has 3 heteroatoms. The Morgan fingerprint density at radius 1 is 1.37 bits per heavy atom. The van der Waals surface area contributed by atoms with Gasteiger partial charge in [-0.25, -0.2) is 0 Å². The van der Waals surface area contributed by atoms with Crippen LogP contribution in [0.15, 0.2) is 17.5 Å². The van der Waals surface area contributed by atoms with E-state index in [9.17, 15) is 0 Å². The minimum atomic E-state index is 0.316. The summed E-state index contributed by atoms with van der Waals surface area (Å²) >= 11 is 1.86. The first kappa shape index (κ1) is 16.7. The monoisotopic (exact) mass is 282 g/mol. The zero-order valence-corrected chi connectivity index (χ0v) is 14.0. The molecule has 0 bridgehead atoms. The topological polar surface area (TPSA) is 15.3 Å². The summed E-state index contributed by atoms with van der Waals surface area (Å²) in [5.74, 6) is 0. The molecule has 110 valence electrons. The van der Waals surface area contributed by atoms with Crippen molar-refractivity contribution in [1.29, 1.82) is 0 Å². The molecule has 0 aromatic carbocycles. The van der Waals surface area contributed by atoms with Gasteiger partial charge in [0, 0.05) is 30.6 Å². The number of hydrogen-bond donors (Lipinski definition) is 1. The van der Waals surface area contributed by atoms with Crippen molar-refractivity contribution in [2.75, 3.05) is 19.6 Å². The van der Waals surface area contributed by atoms with E-state index in [4.69, 9.17) is 0 Å². The molecule has 0 aliphatic rings. The predicted molar refractivity (Wildman–Crippen MR) is 86.8 cm³/mol. The van der Waals surface area contributed by atoms with Gasteiger partial charge < -0.3 is 5.32 Å². The van der Waals surface area contributed by atoms with Crippen molar-refractivity contribution in [3.8, 4) is 0 Å². The zero-order chi connectivity index (χ0) is 14.3. The SMILES string of the molecule is CCCNCC(C)(C)CN(Cc1cccs1)C(C)C. The van der Waals surface area contributed by atoms with Gasteiger partial charge >= 0.3 is 0 Å². The van der Waals surface area contributed by atoms with E-state index >= 15 is 0 Å². The molecule has 0 atom stereocenters. The maximum absolute atomic E-state index is 3.55. The van der Waals surface area contributed by atoms with Gasteiger partial charge in [0.15, 0.2) is 0 Å². The summed E-state index contributed by atoms with van der Waals surface area (Å²) in [6.07, 6.45) is 1.21. The van der Waals surface area contributed by atoms with Crippen molar-refractivity contribution >= 4 is 11.3 Å². The first-order valence-electron chi connectivity index (χ1n) is 7.42. The van der Waals surface area contributed by atoms with Crippen LogP contribution in [0.4, 0.5) is 0 Å². The van der Waals surface area contributed by atoms with Crippen molar-refractivity contribution in [2.45, 2.75) is 53.6 Å². The largest absolute Gasteiger partial charge is 0.316 e. The number of nitrogens with zero attached hydrogens (tertiary/aromatic N) is 1. The summed E-state index contributed by atoms with van der Waals surface area (Å²) in [6, 6.07) is 4.97. The highest BCUT2D eigenvalue weighted by atomic mass is 32.1. The van der Waals surface area contributed by atoms with Gasteiger partial charge in [0.25, 0.3) is 0 Å². The van der Waals surface area contributed by atoms with Crippen molar-refractivity contribution in [3.63, 3.8) is 0 Å². The minimum absolute atomic E-state index is 0.316. The molecule has 2 nitrogen and oxygen atoms in total. The maximum atomic E-state index is 3.55. The van der Waals surface area contributed by atoms with E-state index in [1.54, 1.807) is 0 Å². The van der Waals surface area contributed by atoms with E-state index in [1.807, 2.05) is 11.3 Å². The van der Waals surface area contributed by atoms with Crippen LogP contribution in [0, 0.1) is 5.41 Å². The molecule has 1 heterocycles. The molecule has 0 fully saturated rings. The lowest BCUT2D eigenvalue weighted by Crippen LogP contribution is -2.43. The second-order valence-corrected chi connectivity index (χ2v) is 7.45. The average Bonchev–Trinajstić information content (AvgIpc) is 2.80. The van der Waals surface area contributed by atoms with Crippen molar-refractivity contribution in [2.24, 2.45) is 5.41 Å². The summed E-state index contributed by atoms with van der Waals surface area (Å²) < 4.78 is 0. The van der Waals surface area contributed by atoms with E-state index in [0.717, 1.165) is 26.2 Å². The molecule has 1 aromatic heterocycles. The fraction of sp³-hybridized carbons (Fsp3) is 0.750. The highest BCUT2D eigenvalue weighted by molar-refractivity contribution is 7.09. The van der Waals surface area contributed by atoms with Crippen LogP contribution in [-0.2, 0) is 6.54 Å². The lowest BCUT2D eigenvalue weighted by Gasteiger charge is -2.35. The molecule has 0 aliphatic carbocycles. The van der Waals surface area contributed by atoms with Gasteiger partial charge in [0.1, 0.15) is 0 Å². The standard InChI is InChI=1S/C16H30N2S/c1-6-9-17-12-16(4,5)13-18(14(2)3)11-15-8-7-10-19-15/h7-8,10,14,17H,6,9,11-13H2,1-5H3. The van der Waals surface area contributed by atoms with Gasteiger partial charge in [0.05, 0.1) is 0 Å². The summed E-state index contributed by atoms with van der Waals surface area (Å²) in [7, 11) is 0. The summed E-state index contributed by atoms with van der Waals surface area (Å²) in [4.78, 5) is 4.05. The van der Waals surface area contributed by atoms with Crippen molar-refractivity contribution in [1.82, 2.24) is 10.2 Å². The second kappa shape index (κ2) is 8.03. The quantitative estimate of drug-likeness (QED) is 0.689. The molecule has 0 unspecified atom stereocenters. The van der Waals surface area contributed by atoms with E-state index in [1.165, 1.54) is 11.3 Å². The minimum Gasteiger partial charge on any atom is -0.316 e. The van der Waals surface area contributed by atoms with Crippen LogP contribution < -0.4 is 5.32 Å². The molecule has 0 saturated heterocycles. The van der Waals surface area contributed by atoms with Gasteiger partial charge in [-0.1, -0.05) is 26.8 Å². The Hall–Kier alpha value is -0.380. The van der Waals surface area contributed by atoms with Crippen LogP contribution in [0.3, 0.4) is 0 Å². The molecule has 1 aromatic rings. The Kier molecular flexibility index (Phi) is 7.05. The Morgan fingerprint density at radius 2 is 2.11 bits per heavy atom. The average molecular weight is 282 g/mol. The summed E-state index contributed by atoms with van der Waals surface area (Å²) in [5.41, 5.74) is 0.316. The number of thiophene rings is 1. The molecule has 0 amide bonds. The van der Waals surface area contributed by atoms with Gasteiger partial charge in [0.2, 0.25) is 0 Å². The summed E-state index contributed by atoms with van der Waals surface area (Å²) in [5, 5.41) is 5.72. The molecular weight excluding hydrogens is 252 g/mol. The van der Waals surface area contributed by atoms with Crippen molar-refractivity contribution in [3.05, 3.63) is 22.4 Å². The van der Waals surface area contributed by atoms with Crippen LogP contribution in [0.1, 0.15) is 45.9 Å². The number of hydrogen-bond acceptors (Lipinski definition) is 3. The van der Waals surface area contributed by atoms with E-state index in [2.05, 4.69) is 62.3 Å². The van der Waals surface area contributed by atoms with Gasteiger partial charge in [-0.2, -0.15) is 0 Å². The van der Waals surface area contributed by atoms with Gasteiger partial charge in [-0.05, 0) is 43.7 Å². The predicted octanol–water partition coefficient (Wildman–Crippen LogP) is 3.98. The van der Waals surface area contributed by atoms with E-state index < -0.39 is 0 Å². The van der Waals surface area contributed by atoms with Crippen LogP contribution in [0.5, 0.6) is 0 Å². The molecule has 1 N–H and O–H groups in total. The maximum Gasteiger partial charge on any atom is 0.0330 e. The van der Waals surface area contributed by atoms with Crippen molar-refractivity contribution < 1.29 is 0 Å². The number of nitrogens with one attached hydrogen (secondary N) is 1. The highest BCUT2D eigenvalue weighted by Gasteiger charge is 2.23. The fourth-order valence-electron chi connectivity index (χ4n) is 2.23. The lowest BCUT2D eigenvalue weighted by molar-refractivity contribution is 0.136. The van der Waals surface area contributed by atoms with Crippen LogP contribution in [-0.4, -0.2) is 30.6 Å². The first-order chi connectivity index (χ1) is 8.94. The van der Waals surface area contributed by atoms with Gasteiger partial charge in [-0.15, -0.1) is 11.3 Å². The third kappa shape index (κ3) is 6.55. The third-order valence-electron chi connectivity index (χ3n) is 3.33. The van der Waals surface area contributed by atoms with Crippen LogP contribution >= 0.6 is 11.3 Å². The Bertz CT molecular complexity index is 331. The van der Waals surface area contributed by atoms with Crippen LogP contribution in [0.25, 0.3) is 0 Å². The lowest BCUT2D eigenvalue weighted by atomic mass is 9.92. The molecule has 1 rings (SSSR count). The Labute approximate surface area is 123 Å². The Balaban J connectivity index is 2.52. The molecule has 0 spiro atoms. The molecular formula is C16H30N2S. The fourth-order valence-corrected chi connectivity index (χ4v) is 2.96. The smallest absolute Gasteiger partial charge is 0.0330 e. The van der Waals surface area contributed by atoms with Gasteiger partial charge in [-0.3, -0.25) is 4.90 Å². The normalized spacial score (nSPS) is 12.6. The molecule has 0 aliphatic heterocycles. The van der Waals surface area contributed by atoms with E-state index in [-0.39, 0.29) is 0 Å². The zero-order valence-electron chi connectivity index (χ0n) is 13.2. The molecule has 0 saturated carbocycles. The molecule has 19 heavy (non-hydrogen) atoms. The summed E-state index contributed by atoms with van der Waals surface area (Å²) in [6.45, 7) is 16.0. The van der Waals surface area contributed by atoms with Crippen LogP contribution in [0.2, 0.25) is 0 Å². The first-order valence-corrected chi connectivity index (χ1v) is 8.30. The van der Waals surface area contributed by atoms with E-state index in [0.29, 0.717) is 11.5 Å². The molecule has 0 radical (unpaired) electrons. The second-order valence-electron chi connectivity index (χ2n) is 6.42. The number of rotatable bonds is 9. The highest BCUT2D eigenvalue weighted by Crippen LogP contribution is 2.21.